The zero-order valence-corrected chi connectivity index (χ0v) is 17.2. The monoisotopic (exact) mass is 426 g/mol. The number of carboxylic acids is 2. The third-order valence-corrected chi connectivity index (χ3v) is 5.60. The Labute approximate surface area is 174 Å². The Bertz CT molecular complexity index is 711. The van der Waals surface area contributed by atoms with Gasteiger partial charge in [-0.1, -0.05) is 13.8 Å². The van der Waals surface area contributed by atoms with Crippen LogP contribution < -0.4 is 11.1 Å². The van der Waals surface area contributed by atoms with Gasteiger partial charge in [-0.15, -0.1) is 0 Å². The summed E-state index contributed by atoms with van der Waals surface area (Å²) in [7, 11) is 0. The molecule has 0 aromatic heterocycles. The van der Waals surface area contributed by atoms with E-state index in [2.05, 4.69) is 5.32 Å². The van der Waals surface area contributed by atoms with Crippen LogP contribution in [0.2, 0.25) is 0 Å². The predicted molar refractivity (Wildman–Crippen MR) is 104 cm³/mol. The van der Waals surface area contributed by atoms with Gasteiger partial charge in [0.15, 0.2) is 0 Å². The van der Waals surface area contributed by atoms with Crippen LogP contribution in [0.15, 0.2) is 0 Å². The van der Waals surface area contributed by atoms with E-state index >= 15 is 0 Å². The molecule has 2 aliphatic heterocycles. The largest absolute Gasteiger partial charge is 0.481 e. The molecular weight excluding hydrogens is 396 g/mol. The zero-order valence-electron chi connectivity index (χ0n) is 17.2. The summed E-state index contributed by atoms with van der Waals surface area (Å²) < 4.78 is 0. The van der Waals surface area contributed by atoms with Gasteiger partial charge in [0.05, 0.1) is 12.5 Å². The average molecular weight is 426 g/mol. The SMILES string of the molecule is CC(C)C(NC(=O)C1CCCN1C(=O)C1CCCN1C(=O)C(N)CC(=O)O)C(=O)O. The first-order valence-electron chi connectivity index (χ1n) is 10.2. The highest BCUT2D eigenvalue weighted by atomic mass is 16.4. The number of carboxylic acid groups (broad SMARTS) is 2. The molecule has 5 N–H and O–H groups in total. The normalized spacial score (nSPS) is 23.3. The number of amides is 3. The van der Waals surface area contributed by atoms with Crippen molar-refractivity contribution in [3.8, 4) is 0 Å². The van der Waals surface area contributed by atoms with Gasteiger partial charge in [0.25, 0.3) is 0 Å². The number of aliphatic carboxylic acids is 2. The van der Waals surface area contributed by atoms with Gasteiger partial charge in [-0.05, 0) is 31.6 Å². The molecule has 2 rings (SSSR count). The molecule has 2 saturated heterocycles. The summed E-state index contributed by atoms with van der Waals surface area (Å²) in [5.74, 6) is -4.19. The molecule has 30 heavy (non-hydrogen) atoms. The van der Waals surface area contributed by atoms with Crippen molar-refractivity contribution in [2.24, 2.45) is 11.7 Å². The molecule has 2 aliphatic rings. The van der Waals surface area contributed by atoms with Gasteiger partial charge in [0.2, 0.25) is 17.7 Å². The summed E-state index contributed by atoms with van der Waals surface area (Å²) in [6.07, 6.45) is 1.43. The molecule has 11 nitrogen and oxygen atoms in total. The second kappa shape index (κ2) is 9.88. The average Bonchev–Trinajstić information content (AvgIpc) is 3.32. The van der Waals surface area contributed by atoms with Gasteiger partial charge in [0, 0.05) is 13.1 Å². The summed E-state index contributed by atoms with van der Waals surface area (Å²) in [6.45, 7) is 3.98. The second-order valence-electron chi connectivity index (χ2n) is 8.15. The molecule has 0 radical (unpaired) electrons. The van der Waals surface area contributed by atoms with E-state index in [4.69, 9.17) is 10.8 Å². The zero-order chi connectivity index (χ0) is 22.6. The number of nitrogens with two attached hydrogens (primary N) is 1. The van der Waals surface area contributed by atoms with Crippen LogP contribution in [0, 0.1) is 5.92 Å². The number of rotatable bonds is 8. The molecular formula is C19H30N4O7. The van der Waals surface area contributed by atoms with Crippen molar-refractivity contribution in [1.29, 1.82) is 0 Å². The van der Waals surface area contributed by atoms with Crippen LogP contribution in [0.5, 0.6) is 0 Å². The first-order chi connectivity index (χ1) is 14.0. The van der Waals surface area contributed by atoms with Crippen molar-refractivity contribution in [2.45, 2.75) is 70.1 Å². The lowest BCUT2D eigenvalue weighted by Gasteiger charge is -2.32. The fourth-order valence-corrected chi connectivity index (χ4v) is 4.03. The summed E-state index contributed by atoms with van der Waals surface area (Å²) in [5, 5.41) is 20.7. The Kier molecular flexibility index (Phi) is 7.77. The smallest absolute Gasteiger partial charge is 0.326 e. The van der Waals surface area contributed by atoms with Crippen LogP contribution in [-0.2, 0) is 24.0 Å². The molecule has 3 amide bonds. The van der Waals surface area contributed by atoms with E-state index in [0.29, 0.717) is 38.8 Å². The van der Waals surface area contributed by atoms with Crippen molar-refractivity contribution in [2.75, 3.05) is 13.1 Å². The van der Waals surface area contributed by atoms with Crippen LogP contribution in [0.25, 0.3) is 0 Å². The minimum Gasteiger partial charge on any atom is -0.481 e. The summed E-state index contributed by atoms with van der Waals surface area (Å²) in [4.78, 5) is 63.3. The van der Waals surface area contributed by atoms with Crippen LogP contribution in [0.3, 0.4) is 0 Å². The van der Waals surface area contributed by atoms with Crippen molar-refractivity contribution < 1.29 is 34.2 Å². The first kappa shape index (κ1) is 23.6. The number of nitrogens with one attached hydrogen (secondary N) is 1. The molecule has 0 bridgehead atoms. The van der Waals surface area contributed by atoms with Gasteiger partial charge in [-0.2, -0.15) is 0 Å². The highest BCUT2D eigenvalue weighted by molar-refractivity contribution is 5.95. The van der Waals surface area contributed by atoms with Gasteiger partial charge < -0.3 is 31.1 Å². The van der Waals surface area contributed by atoms with Crippen LogP contribution in [-0.4, -0.2) is 86.9 Å². The van der Waals surface area contributed by atoms with Crippen LogP contribution in [0.4, 0.5) is 0 Å². The second-order valence-corrected chi connectivity index (χ2v) is 8.15. The minimum atomic E-state index is -1.24. The number of nitrogens with zero attached hydrogens (tertiary/aromatic N) is 2. The topological polar surface area (TPSA) is 170 Å². The molecule has 2 heterocycles. The maximum atomic E-state index is 13.2. The lowest BCUT2D eigenvalue weighted by atomic mass is 10.0. The molecule has 4 atom stereocenters. The van der Waals surface area contributed by atoms with Crippen molar-refractivity contribution in [3.05, 3.63) is 0 Å². The molecule has 0 spiro atoms. The third kappa shape index (κ3) is 5.26. The molecule has 0 saturated carbocycles. The molecule has 11 heteroatoms. The Morgan fingerprint density at radius 3 is 2.10 bits per heavy atom. The Morgan fingerprint density at radius 1 is 1.00 bits per heavy atom. The standard InChI is InChI=1S/C19H30N4O7/c1-10(2)15(19(29)30)21-16(26)12-5-3-7-22(12)18(28)13-6-4-8-23(13)17(27)11(20)9-14(24)25/h10-13,15H,3-9,20H2,1-2H3,(H,21,26)(H,24,25)(H,29,30). The fourth-order valence-electron chi connectivity index (χ4n) is 4.03. The summed E-state index contributed by atoms with van der Waals surface area (Å²) >= 11 is 0. The van der Waals surface area contributed by atoms with Crippen molar-refractivity contribution in [3.63, 3.8) is 0 Å². The maximum absolute atomic E-state index is 13.2. The first-order valence-corrected chi connectivity index (χ1v) is 10.2. The van der Waals surface area contributed by atoms with E-state index in [0.717, 1.165) is 0 Å². The van der Waals surface area contributed by atoms with E-state index in [9.17, 15) is 29.1 Å². The van der Waals surface area contributed by atoms with E-state index in [-0.39, 0.29) is 5.92 Å². The number of hydrogen-bond acceptors (Lipinski definition) is 6. The molecule has 4 unspecified atom stereocenters. The van der Waals surface area contributed by atoms with E-state index in [1.165, 1.54) is 9.80 Å². The van der Waals surface area contributed by atoms with Crippen LogP contribution in [0.1, 0.15) is 46.0 Å². The molecule has 2 fully saturated rings. The summed E-state index contributed by atoms with van der Waals surface area (Å²) in [5.41, 5.74) is 5.68. The quantitative estimate of drug-likeness (QED) is 0.383. The van der Waals surface area contributed by atoms with E-state index < -0.39 is 60.2 Å². The van der Waals surface area contributed by atoms with Gasteiger partial charge in [-0.3, -0.25) is 19.2 Å². The molecule has 0 aliphatic carbocycles. The van der Waals surface area contributed by atoms with Crippen LogP contribution >= 0.6 is 0 Å². The Hall–Kier alpha value is -2.69. The van der Waals surface area contributed by atoms with Crippen molar-refractivity contribution in [1.82, 2.24) is 15.1 Å². The van der Waals surface area contributed by atoms with Crippen molar-refractivity contribution >= 4 is 29.7 Å². The Morgan fingerprint density at radius 2 is 1.57 bits per heavy atom. The highest BCUT2D eigenvalue weighted by Gasteiger charge is 2.43. The fraction of sp³-hybridized carbons (Fsp3) is 0.737. The number of likely N-dealkylation sites (tertiary alicyclic amines) is 2. The molecule has 0 aromatic carbocycles. The van der Waals surface area contributed by atoms with E-state index in [1.54, 1.807) is 13.8 Å². The lowest BCUT2D eigenvalue weighted by molar-refractivity contribution is -0.149. The number of carbonyl (C=O) groups is 5. The minimum absolute atomic E-state index is 0.293. The predicted octanol–water partition coefficient (Wildman–Crippen LogP) is -1.00. The number of hydrogen-bond donors (Lipinski definition) is 4. The summed E-state index contributed by atoms with van der Waals surface area (Å²) in [6, 6.07) is -3.90. The highest BCUT2D eigenvalue weighted by Crippen LogP contribution is 2.26. The van der Waals surface area contributed by atoms with Gasteiger partial charge >= 0.3 is 11.9 Å². The van der Waals surface area contributed by atoms with Gasteiger partial charge in [-0.25, -0.2) is 4.79 Å². The lowest BCUT2D eigenvalue weighted by Crippen LogP contribution is -2.56. The van der Waals surface area contributed by atoms with E-state index in [1.807, 2.05) is 0 Å². The maximum Gasteiger partial charge on any atom is 0.326 e. The molecule has 0 aromatic rings. The third-order valence-electron chi connectivity index (χ3n) is 5.60. The molecule has 168 valence electrons. The Balaban J connectivity index is 2.10. The number of carbonyl (C=O) groups excluding carboxylic acids is 3. The van der Waals surface area contributed by atoms with Gasteiger partial charge in [0.1, 0.15) is 18.1 Å².